The van der Waals surface area contributed by atoms with E-state index in [4.69, 9.17) is 14.2 Å². The van der Waals surface area contributed by atoms with E-state index in [0.29, 0.717) is 29.2 Å². The first kappa shape index (κ1) is 18.4. The largest absolute Gasteiger partial charge is 0.490 e. The molecule has 0 radical (unpaired) electrons. The van der Waals surface area contributed by atoms with Crippen molar-refractivity contribution in [3.05, 3.63) is 59.7 Å². The van der Waals surface area contributed by atoms with Crippen LogP contribution in [0, 0.1) is 0 Å². The average molecular weight is 369 g/mol. The van der Waals surface area contributed by atoms with Gasteiger partial charge in [-0.1, -0.05) is 24.3 Å². The van der Waals surface area contributed by atoms with Gasteiger partial charge in [-0.05, 0) is 31.2 Å². The third kappa shape index (κ3) is 4.08. The number of fused-ring (bicyclic) bond motifs is 1. The van der Waals surface area contributed by atoms with Crippen LogP contribution in [-0.4, -0.2) is 42.6 Å². The summed E-state index contributed by atoms with van der Waals surface area (Å²) in [5, 5.41) is 0. The van der Waals surface area contributed by atoms with Crippen molar-refractivity contribution < 1.29 is 28.6 Å². The molecule has 1 aliphatic rings. The molecule has 0 unspecified atom stereocenters. The summed E-state index contributed by atoms with van der Waals surface area (Å²) in [6, 6.07) is 13.6. The first-order chi connectivity index (χ1) is 13.1. The van der Waals surface area contributed by atoms with Crippen LogP contribution in [0.25, 0.3) is 0 Å². The maximum Gasteiger partial charge on any atom is 0.310 e. The van der Waals surface area contributed by atoms with E-state index in [1.54, 1.807) is 42.5 Å². The molecule has 0 N–H and O–H groups in total. The molecule has 2 amide bonds. The number of nitrogens with zero attached hydrogens (tertiary/aromatic N) is 1. The average Bonchev–Trinajstić information content (AvgIpc) is 2.92. The fourth-order valence-corrected chi connectivity index (χ4v) is 2.65. The van der Waals surface area contributed by atoms with Gasteiger partial charge in [-0.2, -0.15) is 0 Å². The Morgan fingerprint density at radius 3 is 2.04 bits per heavy atom. The maximum absolute atomic E-state index is 12.2. The topological polar surface area (TPSA) is 82.1 Å². The second-order valence-electron chi connectivity index (χ2n) is 5.71. The lowest BCUT2D eigenvalue weighted by Gasteiger charge is -2.14. The Labute approximate surface area is 156 Å². The predicted octanol–water partition coefficient (Wildman–Crippen LogP) is 2.65. The molecule has 7 heteroatoms. The molecule has 0 saturated carbocycles. The minimum Gasteiger partial charge on any atom is -0.490 e. The standard InChI is InChI=1S/C20H19NO6/c1-2-25-16-9-5-6-10-17(16)26-12-11-18(22)27-13-21-19(23)14-7-3-4-8-15(14)20(21)24/h3-10H,2,11-13H2,1H3. The molecule has 0 atom stereocenters. The van der Waals surface area contributed by atoms with Gasteiger partial charge in [0.2, 0.25) is 0 Å². The molecule has 2 aromatic rings. The van der Waals surface area contributed by atoms with Crippen LogP contribution in [0.1, 0.15) is 34.1 Å². The van der Waals surface area contributed by atoms with E-state index in [9.17, 15) is 14.4 Å². The maximum atomic E-state index is 12.2. The lowest BCUT2D eigenvalue weighted by Crippen LogP contribution is -2.33. The molecule has 0 aromatic heterocycles. The second-order valence-corrected chi connectivity index (χ2v) is 5.71. The number of ether oxygens (including phenoxy) is 3. The predicted molar refractivity (Wildman–Crippen MR) is 95.6 cm³/mol. The van der Waals surface area contributed by atoms with Gasteiger partial charge in [0.25, 0.3) is 11.8 Å². The highest BCUT2D eigenvalue weighted by atomic mass is 16.6. The summed E-state index contributed by atoms with van der Waals surface area (Å²) in [5.41, 5.74) is 0.629. The third-order valence-electron chi connectivity index (χ3n) is 3.95. The summed E-state index contributed by atoms with van der Waals surface area (Å²) in [4.78, 5) is 37.2. The molecule has 140 valence electrons. The fourth-order valence-electron chi connectivity index (χ4n) is 2.65. The van der Waals surface area contributed by atoms with Gasteiger partial charge < -0.3 is 14.2 Å². The molecule has 1 aliphatic heterocycles. The van der Waals surface area contributed by atoms with Crippen LogP contribution < -0.4 is 9.47 Å². The monoisotopic (exact) mass is 369 g/mol. The molecular formula is C20H19NO6. The van der Waals surface area contributed by atoms with Crippen molar-refractivity contribution in [1.82, 2.24) is 4.90 Å². The van der Waals surface area contributed by atoms with E-state index in [2.05, 4.69) is 0 Å². The van der Waals surface area contributed by atoms with E-state index < -0.39 is 24.5 Å². The third-order valence-corrected chi connectivity index (χ3v) is 3.95. The second kappa shape index (κ2) is 8.35. The summed E-state index contributed by atoms with van der Waals surface area (Å²) in [5.74, 6) is -0.372. The highest BCUT2D eigenvalue weighted by Crippen LogP contribution is 2.26. The zero-order valence-corrected chi connectivity index (χ0v) is 14.8. The molecule has 1 heterocycles. The number of hydrogen-bond acceptors (Lipinski definition) is 6. The van der Waals surface area contributed by atoms with Gasteiger partial charge in [0, 0.05) is 0 Å². The zero-order valence-electron chi connectivity index (χ0n) is 14.8. The molecule has 0 spiro atoms. The Morgan fingerprint density at radius 1 is 0.889 bits per heavy atom. The molecule has 0 aliphatic carbocycles. The molecule has 2 aromatic carbocycles. The fraction of sp³-hybridized carbons (Fsp3) is 0.250. The summed E-state index contributed by atoms with van der Waals surface area (Å²) in [6.45, 7) is 2.04. The van der Waals surface area contributed by atoms with Gasteiger partial charge >= 0.3 is 5.97 Å². The van der Waals surface area contributed by atoms with Crippen molar-refractivity contribution >= 4 is 17.8 Å². The highest BCUT2D eigenvalue weighted by Gasteiger charge is 2.35. The van der Waals surface area contributed by atoms with Gasteiger partial charge in [0.15, 0.2) is 18.2 Å². The Bertz CT molecular complexity index is 828. The number of amides is 2. The number of carbonyl (C=O) groups excluding carboxylic acids is 3. The Kier molecular flexibility index (Phi) is 5.71. The van der Waals surface area contributed by atoms with Crippen LogP contribution in [0.4, 0.5) is 0 Å². The van der Waals surface area contributed by atoms with Gasteiger partial charge in [0.05, 0.1) is 30.8 Å². The van der Waals surface area contributed by atoms with E-state index in [0.717, 1.165) is 4.90 Å². The summed E-state index contributed by atoms with van der Waals surface area (Å²) in [6.07, 6.45) is -0.0242. The molecule has 27 heavy (non-hydrogen) atoms. The molecule has 3 rings (SSSR count). The summed E-state index contributed by atoms with van der Waals surface area (Å²) >= 11 is 0. The van der Waals surface area contributed by atoms with E-state index in [1.807, 2.05) is 13.0 Å². The van der Waals surface area contributed by atoms with Crippen molar-refractivity contribution in [3.63, 3.8) is 0 Å². The Balaban J connectivity index is 1.47. The van der Waals surface area contributed by atoms with Crippen molar-refractivity contribution in [1.29, 1.82) is 0 Å². The molecule has 7 nitrogen and oxygen atoms in total. The molecule has 0 fully saturated rings. The van der Waals surface area contributed by atoms with Gasteiger partial charge in [-0.25, -0.2) is 4.90 Å². The number of hydrogen-bond donors (Lipinski definition) is 0. The quantitative estimate of drug-likeness (QED) is 0.526. The van der Waals surface area contributed by atoms with Gasteiger partial charge in [0.1, 0.15) is 0 Å². The number of esters is 1. The molecule has 0 bridgehead atoms. The minimum absolute atomic E-state index is 0.0242. The van der Waals surface area contributed by atoms with Crippen LogP contribution in [0.5, 0.6) is 11.5 Å². The number of carbonyl (C=O) groups is 3. The Morgan fingerprint density at radius 2 is 1.44 bits per heavy atom. The number of para-hydroxylation sites is 2. The summed E-state index contributed by atoms with van der Waals surface area (Å²) < 4.78 is 16.0. The first-order valence-corrected chi connectivity index (χ1v) is 8.57. The number of benzene rings is 2. The van der Waals surface area contributed by atoms with Crippen molar-refractivity contribution in [2.24, 2.45) is 0 Å². The highest BCUT2D eigenvalue weighted by molar-refractivity contribution is 6.21. The summed E-state index contributed by atoms with van der Waals surface area (Å²) in [7, 11) is 0. The van der Waals surface area contributed by atoms with Gasteiger partial charge in [-0.15, -0.1) is 0 Å². The lowest BCUT2D eigenvalue weighted by atomic mass is 10.1. The SMILES string of the molecule is CCOc1ccccc1OCCC(=O)OCN1C(=O)c2ccccc2C1=O. The van der Waals surface area contributed by atoms with Crippen LogP contribution >= 0.6 is 0 Å². The van der Waals surface area contributed by atoms with E-state index in [-0.39, 0.29) is 13.0 Å². The lowest BCUT2D eigenvalue weighted by molar-refractivity contribution is -0.146. The smallest absolute Gasteiger partial charge is 0.310 e. The zero-order chi connectivity index (χ0) is 19.2. The van der Waals surface area contributed by atoms with Crippen molar-refractivity contribution in [3.8, 4) is 11.5 Å². The van der Waals surface area contributed by atoms with E-state index >= 15 is 0 Å². The number of rotatable bonds is 8. The Hall–Kier alpha value is -3.35. The normalized spacial score (nSPS) is 12.7. The van der Waals surface area contributed by atoms with Crippen LogP contribution in [0.15, 0.2) is 48.5 Å². The molecular weight excluding hydrogens is 350 g/mol. The first-order valence-electron chi connectivity index (χ1n) is 8.57. The molecule has 0 saturated heterocycles. The van der Waals surface area contributed by atoms with Crippen molar-refractivity contribution in [2.75, 3.05) is 19.9 Å². The minimum atomic E-state index is -0.569. The van der Waals surface area contributed by atoms with E-state index in [1.165, 1.54) is 0 Å². The van der Waals surface area contributed by atoms with Crippen LogP contribution in [-0.2, 0) is 9.53 Å². The number of imide groups is 1. The van der Waals surface area contributed by atoms with Gasteiger partial charge in [-0.3, -0.25) is 14.4 Å². The van der Waals surface area contributed by atoms with Crippen LogP contribution in [0.2, 0.25) is 0 Å². The van der Waals surface area contributed by atoms with Crippen molar-refractivity contribution in [2.45, 2.75) is 13.3 Å². The van der Waals surface area contributed by atoms with Crippen LogP contribution in [0.3, 0.4) is 0 Å².